The molecule has 0 bridgehead atoms. The average molecular weight is 405 g/mol. The van der Waals surface area contributed by atoms with E-state index in [9.17, 15) is 18.0 Å². The molecule has 1 aromatic rings. The van der Waals surface area contributed by atoms with Crippen molar-refractivity contribution in [1.29, 1.82) is 0 Å². The smallest absolute Gasteiger partial charge is 0.491 e. The number of carbonyl (C=O) groups is 1. The van der Waals surface area contributed by atoms with Crippen LogP contribution in [0.2, 0.25) is 0 Å². The number of methoxy groups -OCH3 is 1. The van der Waals surface area contributed by atoms with Gasteiger partial charge in [-0.1, -0.05) is 0 Å². The monoisotopic (exact) mass is 405 g/mol. The van der Waals surface area contributed by atoms with E-state index in [-0.39, 0.29) is 28.2 Å². The van der Waals surface area contributed by atoms with Crippen LogP contribution in [0.5, 0.6) is 11.5 Å². The summed E-state index contributed by atoms with van der Waals surface area (Å²) in [5.74, 6) is -1.40. The van der Waals surface area contributed by atoms with E-state index in [4.69, 9.17) is 9.47 Å². The van der Waals surface area contributed by atoms with Gasteiger partial charge in [0.15, 0.2) is 11.5 Å². The van der Waals surface area contributed by atoms with Gasteiger partial charge in [-0.25, -0.2) is 4.98 Å². The van der Waals surface area contributed by atoms with Crippen molar-refractivity contribution in [3.63, 3.8) is 0 Å². The fourth-order valence-corrected chi connectivity index (χ4v) is 1.99. The Kier molecular flexibility index (Phi) is 5.84. The Labute approximate surface area is 126 Å². The van der Waals surface area contributed by atoms with Crippen LogP contribution in [0, 0.1) is 3.70 Å². The van der Waals surface area contributed by atoms with E-state index in [0.717, 1.165) is 6.07 Å². The molecule has 0 atom stereocenters. The third kappa shape index (κ3) is 5.02. The van der Waals surface area contributed by atoms with Crippen LogP contribution in [0.25, 0.3) is 0 Å². The summed E-state index contributed by atoms with van der Waals surface area (Å²) in [4.78, 5) is 15.4. The van der Waals surface area contributed by atoms with E-state index in [1.807, 2.05) is 0 Å². The number of carbonyl (C=O) groups excluding carboxylic acids is 1. The maximum absolute atomic E-state index is 12.3. The normalized spacial score (nSPS) is 11.1. The zero-order chi connectivity index (χ0) is 15.3. The number of esters is 1. The number of hydrogen-bond donors (Lipinski definition) is 0. The highest BCUT2D eigenvalue weighted by atomic mass is 127. The first-order valence-corrected chi connectivity index (χ1v) is 6.49. The first kappa shape index (κ1) is 16.8. The molecule has 112 valence electrons. The Morgan fingerprint density at radius 2 is 2.10 bits per heavy atom. The van der Waals surface area contributed by atoms with Gasteiger partial charge in [-0.3, -0.25) is 4.79 Å². The molecule has 0 unspecified atom stereocenters. The van der Waals surface area contributed by atoms with Crippen LogP contribution in [0.3, 0.4) is 0 Å². The van der Waals surface area contributed by atoms with Crippen LogP contribution >= 0.6 is 22.6 Å². The largest absolute Gasteiger partial charge is 0.573 e. The summed E-state index contributed by atoms with van der Waals surface area (Å²) in [6, 6.07) is 1.07. The average Bonchev–Trinajstić information content (AvgIpc) is 2.26. The standard InChI is InChI=1S/C11H11F3INO4/c1-3-19-9(17)4-6-10(18-2)7(5-8(15)16-6)20-11(12,13)14/h5H,3-4H2,1-2H3. The molecule has 5 nitrogen and oxygen atoms in total. The van der Waals surface area contributed by atoms with Crippen LogP contribution in [0.15, 0.2) is 6.07 Å². The maximum atomic E-state index is 12.3. The first-order valence-electron chi connectivity index (χ1n) is 5.41. The number of aromatic nitrogens is 1. The molecule has 0 radical (unpaired) electrons. The molecule has 1 rings (SSSR count). The second kappa shape index (κ2) is 6.95. The SMILES string of the molecule is CCOC(=O)Cc1nc(I)cc(OC(F)(F)F)c1OC. The maximum Gasteiger partial charge on any atom is 0.573 e. The summed E-state index contributed by atoms with van der Waals surface area (Å²) >= 11 is 1.72. The number of halogens is 4. The summed E-state index contributed by atoms with van der Waals surface area (Å²) < 4.78 is 50.6. The van der Waals surface area contributed by atoms with Crippen molar-refractivity contribution in [3.05, 3.63) is 15.5 Å². The molecule has 9 heteroatoms. The topological polar surface area (TPSA) is 57.7 Å². The third-order valence-electron chi connectivity index (χ3n) is 2.02. The third-order valence-corrected chi connectivity index (χ3v) is 2.58. The lowest BCUT2D eigenvalue weighted by Crippen LogP contribution is -2.19. The van der Waals surface area contributed by atoms with Gasteiger partial charge in [-0.05, 0) is 29.5 Å². The van der Waals surface area contributed by atoms with Crippen molar-refractivity contribution in [2.75, 3.05) is 13.7 Å². The van der Waals surface area contributed by atoms with Crippen LogP contribution < -0.4 is 9.47 Å². The minimum Gasteiger partial charge on any atom is -0.491 e. The summed E-state index contributed by atoms with van der Waals surface area (Å²) in [6.07, 6.45) is -5.17. The Morgan fingerprint density at radius 3 is 2.60 bits per heavy atom. The lowest BCUT2D eigenvalue weighted by Gasteiger charge is -2.15. The Balaban J connectivity index is 3.13. The molecule has 0 N–H and O–H groups in total. The highest BCUT2D eigenvalue weighted by molar-refractivity contribution is 14.1. The van der Waals surface area contributed by atoms with Crippen molar-refractivity contribution < 1.29 is 32.2 Å². The van der Waals surface area contributed by atoms with E-state index >= 15 is 0 Å². The molecule has 1 aromatic heterocycles. The number of ether oxygens (including phenoxy) is 3. The second-order valence-corrected chi connectivity index (χ2v) is 4.56. The quantitative estimate of drug-likeness (QED) is 0.429. The zero-order valence-electron chi connectivity index (χ0n) is 10.6. The van der Waals surface area contributed by atoms with Gasteiger partial charge in [0.1, 0.15) is 3.70 Å². The first-order chi connectivity index (χ1) is 9.26. The van der Waals surface area contributed by atoms with E-state index in [0.29, 0.717) is 0 Å². The van der Waals surface area contributed by atoms with Gasteiger partial charge in [0.25, 0.3) is 0 Å². The van der Waals surface area contributed by atoms with Gasteiger partial charge in [0, 0.05) is 6.07 Å². The van der Waals surface area contributed by atoms with Gasteiger partial charge in [-0.2, -0.15) is 0 Å². The molecule has 0 aromatic carbocycles. The molecule has 0 amide bonds. The van der Waals surface area contributed by atoms with E-state index in [1.54, 1.807) is 29.5 Å². The molecular formula is C11H11F3INO4. The van der Waals surface area contributed by atoms with Crippen molar-refractivity contribution in [2.45, 2.75) is 19.7 Å². The van der Waals surface area contributed by atoms with Crippen molar-refractivity contribution >= 4 is 28.6 Å². The fraction of sp³-hybridized carbons (Fsp3) is 0.455. The fourth-order valence-electron chi connectivity index (χ4n) is 1.42. The summed E-state index contributed by atoms with van der Waals surface area (Å²) in [7, 11) is 1.17. The number of hydrogen-bond acceptors (Lipinski definition) is 5. The lowest BCUT2D eigenvalue weighted by molar-refractivity contribution is -0.275. The number of rotatable bonds is 5. The van der Waals surface area contributed by atoms with Crippen molar-refractivity contribution in [3.8, 4) is 11.5 Å². The molecule has 0 spiro atoms. The number of alkyl halides is 3. The molecule has 0 saturated carbocycles. The summed E-state index contributed by atoms with van der Waals surface area (Å²) in [5, 5.41) is 0. The molecule has 0 aliphatic heterocycles. The van der Waals surface area contributed by atoms with E-state index < -0.39 is 18.1 Å². The molecule has 0 aliphatic rings. The molecule has 0 aliphatic carbocycles. The van der Waals surface area contributed by atoms with Crippen LogP contribution in [0.4, 0.5) is 13.2 Å². The summed E-state index contributed by atoms with van der Waals surface area (Å²) in [5.41, 5.74) is 0.0251. The molecule has 1 heterocycles. The molecule has 20 heavy (non-hydrogen) atoms. The van der Waals surface area contributed by atoms with Gasteiger partial charge in [0.05, 0.1) is 25.8 Å². The van der Waals surface area contributed by atoms with Crippen LogP contribution in [0.1, 0.15) is 12.6 Å². The van der Waals surface area contributed by atoms with Crippen molar-refractivity contribution in [2.24, 2.45) is 0 Å². The molecular weight excluding hydrogens is 394 g/mol. The van der Waals surface area contributed by atoms with Gasteiger partial charge >= 0.3 is 12.3 Å². The van der Waals surface area contributed by atoms with E-state index in [1.165, 1.54) is 7.11 Å². The number of pyridine rings is 1. The zero-order valence-corrected chi connectivity index (χ0v) is 12.7. The van der Waals surface area contributed by atoms with E-state index in [2.05, 4.69) is 9.72 Å². The van der Waals surface area contributed by atoms with Crippen LogP contribution in [-0.2, 0) is 16.0 Å². The highest BCUT2D eigenvalue weighted by Crippen LogP contribution is 2.35. The lowest BCUT2D eigenvalue weighted by atomic mass is 10.2. The van der Waals surface area contributed by atoms with Gasteiger partial charge < -0.3 is 14.2 Å². The van der Waals surface area contributed by atoms with Gasteiger partial charge in [-0.15, -0.1) is 13.2 Å². The Hall–Kier alpha value is -1.26. The predicted molar refractivity (Wildman–Crippen MR) is 70.5 cm³/mol. The molecule has 0 saturated heterocycles. The summed E-state index contributed by atoms with van der Waals surface area (Å²) in [6.45, 7) is 1.78. The van der Waals surface area contributed by atoms with Crippen LogP contribution in [-0.4, -0.2) is 31.0 Å². The Bertz CT molecular complexity index is 493. The molecule has 0 fully saturated rings. The second-order valence-electron chi connectivity index (χ2n) is 3.45. The predicted octanol–water partition coefficient (Wildman–Crippen LogP) is 2.70. The highest BCUT2D eigenvalue weighted by Gasteiger charge is 2.33. The van der Waals surface area contributed by atoms with Gasteiger partial charge in [0.2, 0.25) is 0 Å². The number of nitrogens with zero attached hydrogens (tertiary/aromatic N) is 1. The minimum atomic E-state index is -4.86. The minimum absolute atomic E-state index is 0.0251. The van der Waals surface area contributed by atoms with Crippen molar-refractivity contribution in [1.82, 2.24) is 4.98 Å². The Morgan fingerprint density at radius 1 is 1.45 bits per heavy atom.